The van der Waals surface area contributed by atoms with Crippen molar-refractivity contribution in [3.05, 3.63) is 65.4 Å². The lowest BCUT2D eigenvalue weighted by molar-refractivity contribution is 0.0516. The Bertz CT molecular complexity index is 1390. The second-order valence-corrected chi connectivity index (χ2v) is 11.4. The number of aromatic nitrogens is 2. The number of esters is 1. The van der Waals surface area contributed by atoms with Gasteiger partial charge in [-0.25, -0.2) is 18.1 Å². The van der Waals surface area contributed by atoms with Gasteiger partial charge in [0.25, 0.3) is 0 Å². The summed E-state index contributed by atoms with van der Waals surface area (Å²) in [5.74, 6) is -0.484. The number of carbonyl (C=O) groups is 1. The number of pyridine rings is 1. The van der Waals surface area contributed by atoms with Crippen LogP contribution < -0.4 is 4.72 Å². The Morgan fingerprint density at radius 2 is 1.77 bits per heavy atom. The maximum absolute atomic E-state index is 12.8. The normalized spacial score (nSPS) is 11.7. The van der Waals surface area contributed by atoms with Gasteiger partial charge in [-0.05, 0) is 51.8 Å². The van der Waals surface area contributed by atoms with E-state index in [0.29, 0.717) is 45.9 Å². The number of benzene rings is 1. The maximum atomic E-state index is 12.8. The summed E-state index contributed by atoms with van der Waals surface area (Å²) < 4.78 is 34.1. The van der Waals surface area contributed by atoms with E-state index in [4.69, 9.17) is 11.3 Å². The third kappa shape index (κ3) is 4.93. The number of hydrogen-bond donors (Lipinski definition) is 1. The van der Waals surface area contributed by atoms with Crippen molar-refractivity contribution in [1.29, 1.82) is 0 Å². The number of nitrogens with one attached hydrogen (secondary N) is 1. The molecule has 9 heteroatoms. The number of ether oxygens (including phenoxy) is 1. The van der Waals surface area contributed by atoms with Crippen LogP contribution in [0.2, 0.25) is 0 Å². The molecule has 0 unspecified atom stereocenters. The van der Waals surface area contributed by atoms with Crippen molar-refractivity contribution in [2.75, 3.05) is 11.3 Å². The second-order valence-electron chi connectivity index (χ2n) is 8.96. The van der Waals surface area contributed by atoms with Gasteiger partial charge in [-0.2, -0.15) is 0 Å². The molecule has 35 heavy (non-hydrogen) atoms. The van der Waals surface area contributed by atoms with E-state index in [9.17, 15) is 13.2 Å². The SMILES string of the molecule is [C-]#[N+]c1c(-c2ccc(-c3ncccc3NS(=O)(=O)C(C)(C)C)cc2)c(C(=O)OCC)n(C)c1CC. The van der Waals surface area contributed by atoms with Crippen LogP contribution in [-0.2, 0) is 28.2 Å². The van der Waals surface area contributed by atoms with Crippen LogP contribution in [0.15, 0.2) is 42.6 Å². The predicted molar refractivity (Wildman–Crippen MR) is 138 cm³/mol. The first kappa shape index (κ1) is 26.0. The minimum Gasteiger partial charge on any atom is -0.461 e. The molecule has 3 rings (SSSR count). The molecule has 0 spiro atoms. The average Bonchev–Trinajstić information content (AvgIpc) is 3.10. The van der Waals surface area contributed by atoms with Crippen LogP contribution in [0.5, 0.6) is 0 Å². The Kier molecular flexibility index (Phi) is 7.36. The van der Waals surface area contributed by atoms with Crippen molar-refractivity contribution in [1.82, 2.24) is 9.55 Å². The van der Waals surface area contributed by atoms with Gasteiger partial charge in [0.15, 0.2) is 0 Å². The molecule has 184 valence electrons. The molecule has 3 aromatic rings. The summed E-state index contributed by atoms with van der Waals surface area (Å²) in [6.07, 6.45) is 2.18. The maximum Gasteiger partial charge on any atom is 0.354 e. The Balaban J connectivity index is 2.11. The summed E-state index contributed by atoms with van der Waals surface area (Å²) in [4.78, 5) is 20.9. The Labute approximate surface area is 206 Å². The Morgan fingerprint density at radius 3 is 2.31 bits per heavy atom. The molecule has 0 aliphatic heterocycles. The van der Waals surface area contributed by atoms with Crippen LogP contribution in [0.4, 0.5) is 11.4 Å². The third-order valence-corrected chi connectivity index (χ3v) is 7.81. The van der Waals surface area contributed by atoms with Crippen molar-refractivity contribution >= 4 is 27.4 Å². The van der Waals surface area contributed by atoms with Gasteiger partial charge in [0, 0.05) is 30.1 Å². The molecule has 0 amide bonds. The van der Waals surface area contributed by atoms with Crippen LogP contribution >= 0.6 is 0 Å². The fourth-order valence-corrected chi connectivity index (χ4v) is 4.53. The van der Waals surface area contributed by atoms with Gasteiger partial charge in [0.05, 0.1) is 29.3 Å². The predicted octanol–water partition coefficient (Wildman–Crippen LogP) is 5.58. The summed E-state index contributed by atoms with van der Waals surface area (Å²) in [6, 6.07) is 10.5. The average molecular weight is 495 g/mol. The highest BCUT2D eigenvalue weighted by molar-refractivity contribution is 7.94. The van der Waals surface area contributed by atoms with Gasteiger partial charge in [-0.15, -0.1) is 0 Å². The molecule has 0 aliphatic carbocycles. The first-order valence-electron chi connectivity index (χ1n) is 11.3. The molecule has 0 fully saturated rings. The van der Waals surface area contributed by atoms with Crippen LogP contribution in [0, 0.1) is 6.57 Å². The van der Waals surface area contributed by atoms with Crippen LogP contribution in [0.25, 0.3) is 27.2 Å². The summed E-state index contributed by atoms with van der Waals surface area (Å²) in [5, 5.41) is 0. The van der Waals surface area contributed by atoms with E-state index >= 15 is 0 Å². The van der Waals surface area contributed by atoms with E-state index in [0.717, 1.165) is 5.69 Å². The lowest BCUT2D eigenvalue weighted by Gasteiger charge is -2.21. The quantitative estimate of drug-likeness (QED) is 0.342. The molecule has 8 nitrogen and oxygen atoms in total. The second kappa shape index (κ2) is 9.92. The zero-order valence-corrected chi connectivity index (χ0v) is 21.7. The van der Waals surface area contributed by atoms with Crippen molar-refractivity contribution in [3.63, 3.8) is 0 Å². The number of anilines is 1. The van der Waals surface area contributed by atoms with E-state index < -0.39 is 20.7 Å². The lowest BCUT2D eigenvalue weighted by atomic mass is 10.0. The number of rotatable bonds is 7. The molecule has 1 aromatic carbocycles. The molecule has 0 radical (unpaired) electrons. The summed E-state index contributed by atoms with van der Waals surface area (Å²) in [7, 11) is -1.88. The van der Waals surface area contributed by atoms with Crippen LogP contribution in [0.3, 0.4) is 0 Å². The van der Waals surface area contributed by atoms with Gasteiger partial charge in [-0.1, -0.05) is 31.2 Å². The van der Waals surface area contributed by atoms with Crippen LogP contribution in [-0.4, -0.2) is 35.3 Å². The van der Waals surface area contributed by atoms with Crippen molar-refractivity contribution in [2.45, 2.75) is 45.8 Å². The van der Waals surface area contributed by atoms with E-state index in [1.54, 1.807) is 81.9 Å². The molecule has 0 saturated heterocycles. The minimum atomic E-state index is -3.64. The zero-order chi connectivity index (χ0) is 26.0. The molecular formula is C26H30N4O4S. The zero-order valence-electron chi connectivity index (χ0n) is 20.8. The topological polar surface area (TPSA) is 94.7 Å². The van der Waals surface area contributed by atoms with E-state index in [2.05, 4.69) is 14.6 Å². The van der Waals surface area contributed by atoms with E-state index in [-0.39, 0.29) is 6.61 Å². The first-order chi connectivity index (χ1) is 16.5. The Morgan fingerprint density at radius 1 is 1.14 bits per heavy atom. The van der Waals surface area contributed by atoms with E-state index in [1.807, 2.05) is 6.92 Å². The molecule has 0 saturated carbocycles. The van der Waals surface area contributed by atoms with Gasteiger partial charge in [0.2, 0.25) is 15.7 Å². The monoisotopic (exact) mass is 494 g/mol. The fraction of sp³-hybridized carbons (Fsp3) is 0.346. The highest BCUT2D eigenvalue weighted by atomic mass is 32.2. The van der Waals surface area contributed by atoms with Crippen molar-refractivity contribution < 1.29 is 17.9 Å². The molecule has 0 aliphatic rings. The fourth-order valence-electron chi connectivity index (χ4n) is 3.77. The molecular weight excluding hydrogens is 464 g/mol. The molecule has 0 atom stereocenters. The van der Waals surface area contributed by atoms with Gasteiger partial charge < -0.3 is 9.30 Å². The number of hydrogen-bond acceptors (Lipinski definition) is 5. The minimum absolute atomic E-state index is 0.226. The van der Waals surface area contributed by atoms with Gasteiger partial charge in [0.1, 0.15) is 5.69 Å². The number of carbonyl (C=O) groups excluding carboxylic acids is 1. The third-order valence-electron chi connectivity index (χ3n) is 5.71. The number of sulfonamides is 1. The highest BCUT2D eigenvalue weighted by Crippen LogP contribution is 2.40. The van der Waals surface area contributed by atoms with Crippen molar-refractivity contribution in [3.8, 4) is 22.4 Å². The van der Waals surface area contributed by atoms with Crippen molar-refractivity contribution in [2.24, 2.45) is 7.05 Å². The summed E-state index contributed by atoms with van der Waals surface area (Å²) >= 11 is 0. The molecule has 2 aromatic heterocycles. The molecule has 1 N–H and O–H groups in total. The lowest BCUT2D eigenvalue weighted by Crippen LogP contribution is -2.33. The number of nitrogens with zero attached hydrogens (tertiary/aromatic N) is 3. The summed E-state index contributed by atoms with van der Waals surface area (Å²) in [5.41, 5.74) is 4.26. The first-order valence-corrected chi connectivity index (χ1v) is 12.8. The highest BCUT2D eigenvalue weighted by Gasteiger charge is 2.30. The summed E-state index contributed by atoms with van der Waals surface area (Å²) in [6.45, 7) is 16.5. The molecule has 0 bridgehead atoms. The molecule has 2 heterocycles. The van der Waals surface area contributed by atoms with Crippen LogP contribution in [0.1, 0.15) is 50.8 Å². The smallest absolute Gasteiger partial charge is 0.354 e. The van der Waals surface area contributed by atoms with E-state index in [1.165, 1.54) is 0 Å². The Hall–Kier alpha value is -3.64. The van der Waals surface area contributed by atoms with Gasteiger partial charge >= 0.3 is 5.97 Å². The standard InChI is InChI=1S/C26H30N4O4S/c1-8-20-23(27-6)21(24(30(20)7)25(31)34-9-2)17-12-14-18(15-13-17)22-19(11-10-16-28-22)29-35(32,33)26(3,4)5/h10-16,29H,8-9H2,1-5,7H3. The van der Waals surface area contributed by atoms with Gasteiger partial charge in [-0.3, -0.25) is 9.71 Å². The largest absolute Gasteiger partial charge is 0.461 e.